The normalized spacial score (nSPS) is 17.5. The van der Waals surface area contributed by atoms with Gasteiger partial charge in [0.1, 0.15) is 11.4 Å². The second-order valence-electron chi connectivity index (χ2n) is 7.04. The van der Waals surface area contributed by atoms with E-state index < -0.39 is 5.60 Å². The Hall–Kier alpha value is -2.58. The van der Waals surface area contributed by atoms with E-state index in [2.05, 4.69) is 11.8 Å². The predicted molar refractivity (Wildman–Crippen MR) is 95.9 cm³/mol. The largest absolute Gasteiger partial charge is 0.443 e. The lowest BCUT2D eigenvalue weighted by atomic mass is 9.95. The number of hydrogen-bond acceptors (Lipinski definition) is 3. The van der Waals surface area contributed by atoms with Gasteiger partial charge in [0.05, 0.1) is 6.04 Å². The summed E-state index contributed by atoms with van der Waals surface area (Å²) in [6.07, 6.45) is 2.69. The third-order valence-corrected chi connectivity index (χ3v) is 4.31. The fraction of sp³-hybridized carbons (Fsp3) is 0.381. The highest BCUT2D eigenvalue weighted by Crippen LogP contribution is 2.32. The summed E-state index contributed by atoms with van der Waals surface area (Å²) in [4.78, 5) is 14.7. The van der Waals surface area contributed by atoms with Crippen molar-refractivity contribution in [3.63, 3.8) is 0 Å². The van der Waals surface area contributed by atoms with E-state index in [1.54, 1.807) is 36.9 Å². The van der Waals surface area contributed by atoms with Crippen LogP contribution in [0, 0.1) is 17.7 Å². The Bertz CT molecular complexity index is 854. The second-order valence-corrected chi connectivity index (χ2v) is 7.04. The average molecular weight is 355 g/mol. The molecule has 3 rings (SSSR count). The number of carbonyl (C=O) groups excluding carboxylic acids is 1. The van der Waals surface area contributed by atoms with E-state index in [0.717, 1.165) is 24.8 Å². The lowest BCUT2D eigenvalue weighted by Gasteiger charge is -2.35. The number of likely N-dealkylation sites (tertiary alicyclic amines) is 1. The van der Waals surface area contributed by atoms with E-state index in [4.69, 9.17) is 4.42 Å². The Balaban J connectivity index is 1.83. The molecule has 1 aliphatic rings. The van der Waals surface area contributed by atoms with Gasteiger partial charge in [0.25, 0.3) is 5.91 Å². The molecule has 2 aromatic rings. The van der Waals surface area contributed by atoms with Crippen LogP contribution in [-0.4, -0.2) is 28.1 Å². The number of furan rings is 1. The molecule has 136 valence electrons. The van der Waals surface area contributed by atoms with Crippen molar-refractivity contribution in [1.29, 1.82) is 0 Å². The maximum atomic E-state index is 13.6. The van der Waals surface area contributed by atoms with E-state index in [0.29, 0.717) is 12.3 Å². The number of aliphatic hydroxyl groups is 1. The molecule has 1 aliphatic heterocycles. The molecule has 1 fully saturated rings. The summed E-state index contributed by atoms with van der Waals surface area (Å²) in [7, 11) is 0. The first-order valence-corrected chi connectivity index (χ1v) is 8.75. The van der Waals surface area contributed by atoms with Crippen LogP contribution in [0.1, 0.15) is 61.0 Å². The maximum Gasteiger partial charge on any atom is 0.290 e. The van der Waals surface area contributed by atoms with Crippen LogP contribution in [0.15, 0.2) is 40.8 Å². The van der Waals surface area contributed by atoms with E-state index >= 15 is 0 Å². The van der Waals surface area contributed by atoms with Gasteiger partial charge in [0, 0.05) is 6.54 Å². The molecule has 0 spiro atoms. The van der Waals surface area contributed by atoms with Crippen molar-refractivity contribution in [2.24, 2.45) is 0 Å². The van der Waals surface area contributed by atoms with Gasteiger partial charge in [0.2, 0.25) is 0 Å². The molecular weight excluding hydrogens is 333 g/mol. The number of halogens is 1. The Morgan fingerprint density at radius 3 is 2.85 bits per heavy atom. The highest BCUT2D eigenvalue weighted by molar-refractivity contribution is 5.92. The zero-order valence-corrected chi connectivity index (χ0v) is 15.0. The lowest BCUT2D eigenvalue weighted by Crippen LogP contribution is -2.38. The molecule has 26 heavy (non-hydrogen) atoms. The van der Waals surface area contributed by atoms with E-state index in [1.165, 1.54) is 12.1 Å². The molecule has 2 heterocycles. The fourth-order valence-electron chi connectivity index (χ4n) is 3.11. The van der Waals surface area contributed by atoms with Crippen molar-refractivity contribution in [3.05, 3.63) is 59.3 Å². The molecule has 0 radical (unpaired) electrons. The number of carbonyl (C=O) groups is 1. The molecule has 1 N–H and O–H groups in total. The predicted octanol–water partition coefficient (Wildman–Crippen LogP) is 3.91. The van der Waals surface area contributed by atoms with Crippen LogP contribution in [0.3, 0.4) is 0 Å². The minimum absolute atomic E-state index is 0.164. The summed E-state index contributed by atoms with van der Waals surface area (Å²) >= 11 is 0. The zero-order valence-electron chi connectivity index (χ0n) is 15.0. The average Bonchev–Trinajstić information content (AvgIpc) is 3.08. The zero-order chi connectivity index (χ0) is 18.7. The number of amides is 1. The van der Waals surface area contributed by atoms with Gasteiger partial charge in [0.15, 0.2) is 11.5 Å². The van der Waals surface area contributed by atoms with Crippen LogP contribution < -0.4 is 0 Å². The number of piperidine rings is 1. The summed E-state index contributed by atoms with van der Waals surface area (Å²) in [5, 5.41) is 9.66. The highest BCUT2D eigenvalue weighted by atomic mass is 19.1. The van der Waals surface area contributed by atoms with Crippen LogP contribution >= 0.6 is 0 Å². The van der Waals surface area contributed by atoms with E-state index in [-0.39, 0.29) is 23.5 Å². The van der Waals surface area contributed by atoms with Gasteiger partial charge < -0.3 is 14.4 Å². The van der Waals surface area contributed by atoms with Crippen molar-refractivity contribution in [3.8, 4) is 11.8 Å². The van der Waals surface area contributed by atoms with Crippen molar-refractivity contribution in [2.45, 2.75) is 44.8 Å². The first-order chi connectivity index (χ1) is 12.3. The Morgan fingerprint density at radius 2 is 2.12 bits per heavy atom. The molecule has 1 atom stereocenters. The number of hydrogen-bond donors (Lipinski definition) is 1. The second kappa shape index (κ2) is 7.35. The van der Waals surface area contributed by atoms with E-state index in [9.17, 15) is 14.3 Å². The standard InChI is InChI=1S/C21H22FNO3/c1-21(2,25)12-11-17-9-10-19(26-17)20(24)23-13-4-3-8-18(23)15-6-5-7-16(22)14-15/h5-7,9-10,14,18,25H,3-4,8,13H2,1-2H3. The molecule has 0 bridgehead atoms. The molecule has 0 saturated carbocycles. The minimum atomic E-state index is -1.13. The summed E-state index contributed by atoms with van der Waals surface area (Å²) in [6, 6.07) is 9.45. The molecule has 4 nitrogen and oxygen atoms in total. The first kappa shape index (κ1) is 18.2. The van der Waals surface area contributed by atoms with Crippen LogP contribution in [0.4, 0.5) is 4.39 Å². The molecule has 5 heteroatoms. The van der Waals surface area contributed by atoms with Crippen molar-refractivity contribution in [2.75, 3.05) is 6.54 Å². The Kier molecular flexibility index (Phi) is 5.15. The smallest absolute Gasteiger partial charge is 0.290 e. The third-order valence-electron chi connectivity index (χ3n) is 4.31. The fourth-order valence-corrected chi connectivity index (χ4v) is 3.11. The molecule has 1 unspecified atom stereocenters. The summed E-state index contributed by atoms with van der Waals surface area (Å²) in [5.41, 5.74) is -0.335. The number of rotatable bonds is 2. The monoisotopic (exact) mass is 355 g/mol. The molecular formula is C21H22FNO3. The SMILES string of the molecule is CC(C)(O)C#Cc1ccc(C(=O)N2CCCCC2c2cccc(F)c2)o1. The van der Waals surface area contributed by atoms with Gasteiger partial charge in [-0.05, 0) is 68.9 Å². The highest BCUT2D eigenvalue weighted by Gasteiger charge is 2.30. The van der Waals surface area contributed by atoms with Crippen LogP contribution in [0.2, 0.25) is 0 Å². The van der Waals surface area contributed by atoms with Crippen molar-refractivity contribution >= 4 is 5.91 Å². The van der Waals surface area contributed by atoms with Gasteiger partial charge in [-0.1, -0.05) is 18.1 Å². The Labute approximate surface area is 152 Å². The molecule has 0 aliphatic carbocycles. The van der Waals surface area contributed by atoms with Gasteiger partial charge in [-0.15, -0.1) is 0 Å². The third kappa shape index (κ3) is 4.33. The van der Waals surface area contributed by atoms with Gasteiger partial charge >= 0.3 is 0 Å². The van der Waals surface area contributed by atoms with Gasteiger partial charge in [-0.25, -0.2) is 4.39 Å². The van der Waals surface area contributed by atoms with Gasteiger partial charge in [-0.3, -0.25) is 4.79 Å². The lowest BCUT2D eigenvalue weighted by molar-refractivity contribution is 0.0578. The summed E-state index contributed by atoms with van der Waals surface area (Å²) in [6.45, 7) is 3.75. The maximum absolute atomic E-state index is 13.6. The minimum Gasteiger partial charge on any atom is -0.443 e. The van der Waals surface area contributed by atoms with Crippen LogP contribution in [-0.2, 0) is 0 Å². The quantitative estimate of drug-likeness (QED) is 0.831. The van der Waals surface area contributed by atoms with E-state index in [1.807, 2.05) is 6.07 Å². The van der Waals surface area contributed by atoms with Crippen molar-refractivity contribution in [1.82, 2.24) is 4.90 Å². The topological polar surface area (TPSA) is 53.7 Å². The van der Waals surface area contributed by atoms with Crippen LogP contribution in [0.5, 0.6) is 0 Å². The summed E-state index contributed by atoms with van der Waals surface area (Å²) < 4.78 is 19.2. The Morgan fingerprint density at radius 1 is 1.31 bits per heavy atom. The molecule has 1 saturated heterocycles. The molecule has 1 aromatic heterocycles. The van der Waals surface area contributed by atoms with Crippen molar-refractivity contribution < 1.29 is 18.7 Å². The molecule has 1 aromatic carbocycles. The first-order valence-electron chi connectivity index (χ1n) is 8.75. The number of benzene rings is 1. The summed E-state index contributed by atoms with van der Waals surface area (Å²) in [5.74, 6) is 5.38. The molecule has 1 amide bonds. The number of nitrogens with zero attached hydrogens (tertiary/aromatic N) is 1. The van der Waals surface area contributed by atoms with Gasteiger partial charge in [-0.2, -0.15) is 0 Å². The van der Waals surface area contributed by atoms with Crippen LogP contribution in [0.25, 0.3) is 0 Å².